The zero-order valence-electron chi connectivity index (χ0n) is 25.3. The van der Waals surface area contributed by atoms with Crippen LogP contribution in [0.5, 0.6) is 11.5 Å². The van der Waals surface area contributed by atoms with E-state index in [4.69, 9.17) is 26.1 Å². The average Bonchev–Trinajstić information content (AvgIpc) is 3.34. The van der Waals surface area contributed by atoms with Gasteiger partial charge < -0.3 is 14.8 Å². The average molecular weight is 888 g/mol. The normalized spacial score (nSPS) is 14.4. The Hall–Kier alpha value is -3.46. The van der Waals surface area contributed by atoms with E-state index in [-0.39, 0.29) is 11.5 Å². The molecule has 2 heterocycles. The Balaban J connectivity index is 1.39. The lowest BCUT2D eigenvalue weighted by atomic mass is 9.95. The van der Waals surface area contributed by atoms with E-state index in [0.717, 1.165) is 29.6 Å². The number of allylic oxidation sites excluding steroid dienone is 1. The number of ether oxygens (including phenoxy) is 2. The molecule has 0 bridgehead atoms. The van der Waals surface area contributed by atoms with Gasteiger partial charge in [-0.1, -0.05) is 65.4 Å². The summed E-state index contributed by atoms with van der Waals surface area (Å²) in [4.78, 5) is 33.3. The van der Waals surface area contributed by atoms with Gasteiger partial charge in [0.05, 0.1) is 35.6 Å². The summed E-state index contributed by atoms with van der Waals surface area (Å²) in [6, 6.07) is 27.6. The molecule has 1 N–H and O–H groups in total. The molecule has 0 unspecified atom stereocenters. The number of anilines is 1. The van der Waals surface area contributed by atoms with Gasteiger partial charge in [-0.25, -0.2) is 4.99 Å². The molecule has 0 radical (unpaired) electrons. The molecule has 0 spiro atoms. The van der Waals surface area contributed by atoms with Crippen LogP contribution in [0.3, 0.4) is 0 Å². The molecule has 7 nitrogen and oxygen atoms in total. The highest BCUT2D eigenvalue weighted by molar-refractivity contribution is 14.1. The van der Waals surface area contributed by atoms with Gasteiger partial charge in [-0.05, 0) is 130 Å². The fourth-order valence-corrected chi connectivity index (χ4v) is 8.68. The molecule has 0 aliphatic carbocycles. The number of para-hydroxylation sites is 1. The fourth-order valence-electron chi connectivity index (χ4n) is 5.29. The minimum atomic E-state index is -0.685. The molecule has 6 rings (SSSR count). The van der Waals surface area contributed by atoms with E-state index in [1.54, 1.807) is 4.57 Å². The first kappa shape index (κ1) is 33.4. The van der Waals surface area contributed by atoms with Gasteiger partial charge in [0.1, 0.15) is 18.1 Å². The summed E-state index contributed by atoms with van der Waals surface area (Å²) in [5.74, 6) is 1.16. The number of hydrogen-bond acceptors (Lipinski definition) is 6. The molecule has 4 aromatic carbocycles. The van der Waals surface area contributed by atoms with Crippen LogP contribution >= 0.6 is 68.1 Å². The second-order valence-electron chi connectivity index (χ2n) is 10.6. The van der Waals surface area contributed by atoms with E-state index in [9.17, 15) is 9.59 Å². The molecule has 0 fully saturated rings. The number of aromatic nitrogens is 1. The maximum Gasteiger partial charge on any atom is 0.271 e. The van der Waals surface area contributed by atoms with E-state index in [1.807, 2.05) is 111 Å². The predicted molar refractivity (Wildman–Crippen MR) is 204 cm³/mol. The van der Waals surface area contributed by atoms with Crippen molar-refractivity contribution in [3.8, 4) is 11.5 Å². The van der Waals surface area contributed by atoms with Crippen molar-refractivity contribution >= 4 is 85.8 Å². The van der Waals surface area contributed by atoms with E-state index in [1.165, 1.54) is 11.3 Å². The van der Waals surface area contributed by atoms with Crippen molar-refractivity contribution in [2.24, 2.45) is 4.99 Å². The molecule has 1 aliphatic rings. The standard InChI is InChI=1S/C36H28ClI2N3O4S/c1-3-45-27-14-12-24(13-15-27)32-31(34(43)41-26-10-5-4-6-11-26)21(2)40-36-42(32)35(44)30(47-36)19-23-17-28(38)33(29(39)18-23)46-20-22-8-7-9-25(37)16-22/h4-19,32H,3,20H2,1-2H3,(H,41,43)/b30-19-/t32-/m1/s1. The van der Waals surface area contributed by atoms with Crippen molar-refractivity contribution < 1.29 is 14.3 Å². The molecule has 1 atom stereocenters. The number of nitrogens with zero attached hydrogens (tertiary/aromatic N) is 2. The Bertz CT molecular complexity index is 2160. The van der Waals surface area contributed by atoms with Crippen LogP contribution in [0.15, 0.2) is 112 Å². The number of benzene rings is 4. The summed E-state index contributed by atoms with van der Waals surface area (Å²) in [6.07, 6.45) is 1.87. The highest BCUT2D eigenvalue weighted by Gasteiger charge is 2.32. The zero-order valence-corrected chi connectivity index (χ0v) is 31.2. The van der Waals surface area contributed by atoms with Gasteiger partial charge in [-0.3, -0.25) is 14.2 Å². The second-order valence-corrected chi connectivity index (χ2v) is 14.4. The van der Waals surface area contributed by atoms with Crippen LogP contribution in [0.2, 0.25) is 5.02 Å². The Morgan fingerprint density at radius 1 is 1.00 bits per heavy atom. The van der Waals surface area contributed by atoms with Crippen molar-refractivity contribution in [3.05, 3.63) is 151 Å². The van der Waals surface area contributed by atoms with E-state index >= 15 is 0 Å². The third kappa shape index (κ3) is 7.50. The number of nitrogens with one attached hydrogen (secondary N) is 1. The lowest BCUT2D eigenvalue weighted by Crippen LogP contribution is -2.40. The monoisotopic (exact) mass is 887 g/mol. The molecule has 5 aromatic rings. The van der Waals surface area contributed by atoms with Crippen LogP contribution in [-0.2, 0) is 11.4 Å². The number of halogens is 3. The van der Waals surface area contributed by atoms with Gasteiger partial charge in [0.15, 0.2) is 4.80 Å². The first-order chi connectivity index (χ1) is 22.7. The molecule has 11 heteroatoms. The van der Waals surface area contributed by atoms with Crippen LogP contribution in [0.1, 0.15) is 36.6 Å². The Morgan fingerprint density at radius 3 is 2.40 bits per heavy atom. The largest absolute Gasteiger partial charge is 0.494 e. The number of rotatable bonds is 9. The van der Waals surface area contributed by atoms with Crippen LogP contribution in [0.25, 0.3) is 6.08 Å². The van der Waals surface area contributed by atoms with Gasteiger partial charge in [0.2, 0.25) is 0 Å². The maximum absolute atomic E-state index is 14.2. The summed E-state index contributed by atoms with van der Waals surface area (Å²) in [5, 5.41) is 3.65. The SMILES string of the molecule is CCOc1ccc([C@@H]2C(C(=O)Nc3ccccc3)=C(C)N=c3s/c(=C\c4cc(I)c(OCc5cccc(Cl)c5)c(I)c4)c(=O)n32)cc1. The third-order valence-electron chi connectivity index (χ3n) is 7.40. The third-order valence-corrected chi connectivity index (χ3v) is 10.2. The Morgan fingerprint density at radius 2 is 1.72 bits per heavy atom. The molecule has 1 aromatic heterocycles. The fraction of sp³-hybridized carbons (Fsp3) is 0.139. The number of amides is 1. The summed E-state index contributed by atoms with van der Waals surface area (Å²) in [6.45, 7) is 4.65. The van der Waals surface area contributed by atoms with Crippen LogP contribution < -0.4 is 29.7 Å². The van der Waals surface area contributed by atoms with Crippen molar-refractivity contribution in [1.82, 2.24) is 4.57 Å². The van der Waals surface area contributed by atoms with E-state index < -0.39 is 6.04 Å². The molecular weight excluding hydrogens is 860 g/mol. The summed E-state index contributed by atoms with van der Waals surface area (Å²) >= 11 is 12.0. The molecule has 238 valence electrons. The molecule has 0 saturated carbocycles. The van der Waals surface area contributed by atoms with Crippen molar-refractivity contribution in [3.63, 3.8) is 0 Å². The summed E-state index contributed by atoms with van der Waals surface area (Å²) in [7, 11) is 0. The quantitative estimate of drug-likeness (QED) is 0.154. The van der Waals surface area contributed by atoms with Gasteiger partial charge in [-0.15, -0.1) is 0 Å². The van der Waals surface area contributed by atoms with Crippen LogP contribution in [-0.4, -0.2) is 17.1 Å². The summed E-state index contributed by atoms with van der Waals surface area (Å²) in [5.41, 5.74) is 4.00. The van der Waals surface area contributed by atoms with E-state index in [0.29, 0.717) is 50.3 Å². The Labute approximate surface area is 307 Å². The van der Waals surface area contributed by atoms with Gasteiger partial charge in [0, 0.05) is 10.7 Å². The zero-order chi connectivity index (χ0) is 33.1. The Kier molecular flexibility index (Phi) is 10.5. The van der Waals surface area contributed by atoms with Crippen molar-refractivity contribution in [1.29, 1.82) is 0 Å². The van der Waals surface area contributed by atoms with Gasteiger partial charge in [-0.2, -0.15) is 0 Å². The van der Waals surface area contributed by atoms with E-state index in [2.05, 4.69) is 50.5 Å². The molecular formula is C36H28ClI2N3O4S. The predicted octanol–water partition coefficient (Wildman–Crippen LogP) is 7.71. The smallest absolute Gasteiger partial charge is 0.271 e. The number of carbonyl (C=O) groups excluding carboxylic acids is 1. The lowest BCUT2D eigenvalue weighted by Gasteiger charge is -2.25. The van der Waals surface area contributed by atoms with Crippen molar-refractivity contribution in [2.75, 3.05) is 11.9 Å². The lowest BCUT2D eigenvalue weighted by molar-refractivity contribution is -0.113. The minimum absolute atomic E-state index is 0.226. The van der Waals surface area contributed by atoms with Crippen LogP contribution in [0, 0.1) is 7.14 Å². The van der Waals surface area contributed by atoms with Crippen molar-refractivity contribution in [2.45, 2.75) is 26.5 Å². The number of carbonyl (C=O) groups is 1. The number of hydrogen-bond donors (Lipinski definition) is 1. The second kappa shape index (κ2) is 14.8. The topological polar surface area (TPSA) is 81.9 Å². The highest BCUT2D eigenvalue weighted by Crippen LogP contribution is 2.33. The highest BCUT2D eigenvalue weighted by atomic mass is 127. The first-order valence-corrected chi connectivity index (χ1v) is 18.0. The molecule has 0 saturated heterocycles. The maximum atomic E-state index is 14.2. The summed E-state index contributed by atoms with van der Waals surface area (Å²) < 4.78 is 15.8. The van der Waals surface area contributed by atoms with Crippen LogP contribution in [0.4, 0.5) is 5.69 Å². The minimum Gasteiger partial charge on any atom is -0.494 e. The number of thiazole rings is 1. The van der Waals surface area contributed by atoms with Gasteiger partial charge >= 0.3 is 0 Å². The van der Waals surface area contributed by atoms with Gasteiger partial charge in [0.25, 0.3) is 11.5 Å². The molecule has 47 heavy (non-hydrogen) atoms. The molecule has 1 aliphatic heterocycles. The molecule has 1 amide bonds. The first-order valence-electron chi connectivity index (χ1n) is 14.7. The number of fused-ring (bicyclic) bond motifs is 1.